The summed E-state index contributed by atoms with van der Waals surface area (Å²) in [7, 11) is 0. The highest BCUT2D eigenvalue weighted by atomic mass is 127. The lowest BCUT2D eigenvalue weighted by Gasteiger charge is -2.11. The zero-order valence-electron chi connectivity index (χ0n) is 7.75. The Labute approximate surface area is 103 Å². The molecule has 0 spiro atoms. The molecule has 1 rings (SSSR count). The summed E-state index contributed by atoms with van der Waals surface area (Å²) >= 11 is 1.73. The molecule has 0 fully saturated rings. The summed E-state index contributed by atoms with van der Waals surface area (Å²) in [5.74, 6) is -1.28. The van der Waals surface area contributed by atoms with Crippen LogP contribution < -0.4 is 0 Å². The van der Waals surface area contributed by atoms with E-state index in [4.69, 9.17) is 5.11 Å². The van der Waals surface area contributed by atoms with Gasteiger partial charge in [0, 0.05) is 15.2 Å². The Hall–Kier alpha value is -1.05. The Kier molecular flexibility index (Phi) is 3.95. The van der Waals surface area contributed by atoms with Crippen molar-refractivity contribution >= 4 is 34.6 Å². The molecule has 0 saturated heterocycles. The van der Waals surface area contributed by atoms with Crippen LogP contribution in [0.25, 0.3) is 6.08 Å². The Morgan fingerprint density at radius 2 is 2.00 bits per heavy atom. The highest BCUT2D eigenvalue weighted by molar-refractivity contribution is 14.1. The molecule has 0 amide bonds. The molecule has 0 atom stereocenters. The van der Waals surface area contributed by atoms with Crippen molar-refractivity contribution < 1.29 is 23.1 Å². The third kappa shape index (κ3) is 3.22. The summed E-state index contributed by atoms with van der Waals surface area (Å²) in [5, 5.41) is 8.39. The minimum atomic E-state index is -4.49. The Bertz CT molecular complexity index is 438. The van der Waals surface area contributed by atoms with E-state index < -0.39 is 17.7 Å². The topological polar surface area (TPSA) is 37.3 Å². The summed E-state index contributed by atoms with van der Waals surface area (Å²) in [5.41, 5.74) is -0.963. The first-order valence-electron chi connectivity index (χ1n) is 4.09. The molecule has 0 saturated carbocycles. The first-order chi connectivity index (χ1) is 7.32. The van der Waals surface area contributed by atoms with Gasteiger partial charge in [0.25, 0.3) is 0 Å². The minimum Gasteiger partial charge on any atom is -0.478 e. The van der Waals surface area contributed by atoms with Gasteiger partial charge >= 0.3 is 12.1 Å². The number of carboxylic acids is 1. The number of alkyl halides is 3. The number of hydrogen-bond acceptors (Lipinski definition) is 1. The standard InChI is InChI=1S/C10H6F3IO2/c11-10(12,13)7-2-1-3-8(14)6(7)4-5-9(15)16/h1-5H,(H,15,16)/b5-4+. The van der Waals surface area contributed by atoms with E-state index >= 15 is 0 Å². The van der Waals surface area contributed by atoms with E-state index in [1.807, 2.05) is 0 Å². The van der Waals surface area contributed by atoms with Gasteiger partial charge in [-0.05, 0) is 40.8 Å². The second-order valence-electron chi connectivity index (χ2n) is 2.87. The van der Waals surface area contributed by atoms with Crippen LogP contribution >= 0.6 is 22.6 Å². The van der Waals surface area contributed by atoms with Crippen molar-refractivity contribution in [3.63, 3.8) is 0 Å². The van der Waals surface area contributed by atoms with Crippen LogP contribution in [0.1, 0.15) is 11.1 Å². The van der Waals surface area contributed by atoms with Gasteiger partial charge < -0.3 is 5.11 Å². The lowest BCUT2D eigenvalue weighted by atomic mass is 10.1. The van der Waals surface area contributed by atoms with Crippen LogP contribution in [0.3, 0.4) is 0 Å². The second-order valence-corrected chi connectivity index (χ2v) is 4.03. The Morgan fingerprint density at radius 3 is 2.50 bits per heavy atom. The molecule has 0 aliphatic heterocycles. The molecule has 1 aromatic rings. The van der Waals surface area contributed by atoms with E-state index in [9.17, 15) is 18.0 Å². The van der Waals surface area contributed by atoms with Crippen molar-refractivity contribution in [2.24, 2.45) is 0 Å². The molecule has 0 radical (unpaired) electrons. The van der Waals surface area contributed by atoms with Gasteiger partial charge in [-0.2, -0.15) is 13.2 Å². The average molecular weight is 342 g/mol. The average Bonchev–Trinajstić information content (AvgIpc) is 2.13. The molecule has 6 heteroatoms. The van der Waals surface area contributed by atoms with E-state index in [2.05, 4.69) is 0 Å². The predicted molar refractivity (Wildman–Crippen MR) is 60.8 cm³/mol. The van der Waals surface area contributed by atoms with Crippen molar-refractivity contribution in [3.05, 3.63) is 39.0 Å². The summed E-state index contributed by atoms with van der Waals surface area (Å²) in [6, 6.07) is 3.68. The minimum absolute atomic E-state index is 0.127. The molecular formula is C10H6F3IO2. The van der Waals surface area contributed by atoms with Crippen molar-refractivity contribution in [1.82, 2.24) is 0 Å². The summed E-state index contributed by atoms with van der Waals surface area (Å²) in [6.07, 6.45) is -2.85. The van der Waals surface area contributed by atoms with Crippen LogP contribution in [-0.2, 0) is 11.0 Å². The molecule has 16 heavy (non-hydrogen) atoms. The second kappa shape index (κ2) is 4.86. The number of rotatable bonds is 2. The molecule has 0 aliphatic carbocycles. The zero-order chi connectivity index (χ0) is 12.3. The Balaban J connectivity index is 3.30. The SMILES string of the molecule is O=C(O)/C=C/c1c(I)cccc1C(F)(F)F. The first kappa shape index (κ1) is 13.0. The van der Waals surface area contributed by atoms with Gasteiger partial charge in [-0.1, -0.05) is 6.07 Å². The fraction of sp³-hybridized carbons (Fsp3) is 0.100. The van der Waals surface area contributed by atoms with Crippen LogP contribution in [0.15, 0.2) is 24.3 Å². The highest BCUT2D eigenvalue weighted by Gasteiger charge is 2.33. The fourth-order valence-electron chi connectivity index (χ4n) is 1.11. The number of aliphatic carboxylic acids is 1. The maximum Gasteiger partial charge on any atom is 0.417 e. The van der Waals surface area contributed by atoms with Crippen LogP contribution in [0.2, 0.25) is 0 Å². The van der Waals surface area contributed by atoms with E-state index in [0.29, 0.717) is 9.65 Å². The largest absolute Gasteiger partial charge is 0.478 e. The lowest BCUT2D eigenvalue weighted by molar-refractivity contribution is -0.138. The molecule has 0 bridgehead atoms. The molecule has 0 unspecified atom stereocenters. The maximum atomic E-state index is 12.6. The molecule has 0 aromatic heterocycles. The van der Waals surface area contributed by atoms with Gasteiger partial charge in [0.15, 0.2) is 0 Å². The third-order valence-corrected chi connectivity index (χ3v) is 2.69. The van der Waals surface area contributed by atoms with Gasteiger partial charge in [-0.3, -0.25) is 0 Å². The number of carbonyl (C=O) groups is 1. The molecule has 0 heterocycles. The number of carboxylic acid groups (broad SMARTS) is 1. The van der Waals surface area contributed by atoms with Crippen molar-refractivity contribution in [1.29, 1.82) is 0 Å². The van der Waals surface area contributed by atoms with Crippen LogP contribution in [0, 0.1) is 3.57 Å². The fourth-order valence-corrected chi connectivity index (χ4v) is 1.79. The third-order valence-electron chi connectivity index (χ3n) is 1.75. The van der Waals surface area contributed by atoms with Crippen molar-refractivity contribution in [2.75, 3.05) is 0 Å². The van der Waals surface area contributed by atoms with Crippen LogP contribution in [-0.4, -0.2) is 11.1 Å². The summed E-state index contributed by atoms with van der Waals surface area (Å²) < 4.78 is 38.1. The van der Waals surface area contributed by atoms with Gasteiger partial charge in [-0.25, -0.2) is 4.79 Å². The lowest BCUT2D eigenvalue weighted by Crippen LogP contribution is -2.08. The van der Waals surface area contributed by atoms with E-state index in [1.54, 1.807) is 22.6 Å². The van der Waals surface area contributed by atoms with E-state index in [1.165, 1.54) is 12.1 Å². The van der Waals surface area contributed by atoms with Gasteiger partial charge in [0.1, 0.15) is 0 Å². The monoisotopic (exact) mass is 342 g/mol. The number of halogens is 4. The van der Waals surface area contributed by atoms with Crippen LogP contribution in [0.5, 0.6) is 0 Å². The number of hydrogen-bond donors (Lipinski definition) is 1. The molecule has 2 nitrogen and oxygen atoms in total. The predicted octanol–water partition coefficient (Wildman–Crippen LogP) is 3.41. The Morgan fingerprint density at radius 1 is 1.38 bits per heavy atom. The molecule has 0 aliphatic rings. The molecule has 86 valence electrons. The van der Waals surface area contributed by atoms with Gasteiger partial charge in [-0.15, -0.1) is 0 Å². The molecule has 1 N–H and O–H groups in total. The van der Waals surface area contributed by atoms with Crippen LogP contribution in [0.4, 0.5) is 13.2 Å². The summed E-state index contributed by atoms with van der Waals surface area (Å²) in [6.45, 7) is 0. The maximum absolute atomic E-state index is 12.6. The highest BCUT2D eigenvalue weighted by Crippen LogP contribution is 2.34. The first-order valence-corrected chi connectivity index (χ1v) is 5.17. The molecular weight excluding hydrogens is 336 g/mol. The van der Waals surface area contributed by atoms with Gasteiger partial charge in [0.2, 0.25) is 0 Å². The van der Waals surface area contributed by atoms with E-state index in [-0.39, 0.29) is 5.56 Å². The smallest absolute Gasteiger partial charge is 0.417 e. The quantitative estimate of drug-likeness (QED) is 0.661. The van der Waals surface area contributed by atoms with Crippen molar-refractivity contribution in [2.45, 2.75) is 6.18 Å². The number of benzene rings is 1. The zero-order valence-corrected chi connectivity index (χ0v) is 9.91. The van der Waals surface area contributed by atoms with E-state index in [0.717, 1.165) is 12.1 Å². The molecule has 1 aromatic carbocycles. The summed E-state index contributed by atoms with van der Waals surface area (Å²) in [4.78, 5) is 10.3. The normalized spacial score (nSPS) is 12.0. The van der Waals surface area contributed by atoms with Crippen molar-refractivity contribution in [3.8, 4) is 0 Å². The van der Waals surface area contributed by atoms with Gasteiger partial charge in [0.05, 0.1) is 5.56 Å².